The van der Waals surface area contributed by atoms with E-state index in [9.17, 15) is 4.79 Å². The Labute approximate surface area is 147 Å². The summed E-state index contributed by atoms with van der Waals surface area (Å²) in [5.41, 5.74) is 1.22. The molecule has 2 aromatic rings. The minimum Gasteiger partial charge on any atom is -0.340 e. The SMILES string of the molecule is Cc1nccn1CCC(=O)N1CCN(Cc2cccc(Cl)c2)CC1. The first-order chi connectivity index (χ1) is 11.6. The van der Waals surface area contributed by atoms with Gasteiger partial charge in [0.1, 0.15) is 5.82 Å². The summed E-state index contributed by atoms with van der Waals surface area (Å²) in [7, 11) is 0. The lowest BCUT2D eigenvalue weighted by Gasteiger charge is -2.35. The summed E-state index contributed by atoms with van der Waals surface area (Å²) < 4.78 is 2.02. The van der Waals surface area contributed by atoms with E-state index in [2.05, 4.69) is 16.0 Å². The van der Waals surface area contributed by atoms with Crippen LogP contribution in [-0.4, -0.2) is 51.4 Å². The van der Waals surface area contributed by atoms with Gasteiger partial charge in [0, 0.05) is 63.1 Å². The van der Waals surface area contributed by atoms with Gasteiger partial charge in [0.25, 0.3) is 0 Å². The van der Waals surface area contributed by atoms with Gasteiger partial charge in [-0.25, -0.2) is 4.98 Å². The van der Waals surface area contributed by atoms with Gasteiger partial charge in [-0.15, -0.1) is 0 Å². The predicted octanol–water partition coefficient (Wildman–Crippen LogP) is 2.58. The smallest absolute Gasteiger partial charge is 0.224 e. The lowest BCUT2D eigenvalue weighted by atomic mass is 10.2. The molecular weight excluding hydrogens is 324 g/mol. The van der Waals surface area contributed by atoms with E-state index < -0.39 is 0 Å². The minimum absolute atomic E-state index is 0.227. The molecule has 0 unspecified atom stereocenters. The maximum atomic E-state index is 12.4. The molecule has 0 N–H and O–H groups in total. The van der Waals surface area contributed by atoms with E-state index in [1.807, 2.05) is 40.8 Å². The van der Waals surface area contributed by atoms with Gasteiger partial charge in [0.05, 0.1) is 0 Å². The van der Waals surface area contributed by atoms with Gasteiger partial charge in [0.15, 0.2) is 0 Å². The fourth-order valence-corrected chi connectivity index (χ4v) is 3.28. The Hall–Kier alpha value is -1.85. The van der Waals surface area contributed by atoms with Crippen molar-refractivity contribution in [1.29, 1.82) is 0 Å². The maximum absolute atomic E-state index is 12.4. The molecule has 0 radical (unpaired) electrons. The van der Waals surface area contributed by atoms with Crippen molar-refractivity contribution in [1.82, 2.24) is 19.4 Å². The standard InChI is InChI=1S/C18H23ClN4O/c1-15-20-6-8-22(15)7-5-18(24)23-11-9-21(10-12-23)14-16-3-2-4-17(19)13-16/h2-4,6,8,13H,5,7,9-12,14H2,1H3. The van der Waals surface area contributed by atoms with Crippen LogP contribution in [0.15, 0.2) is 36.7 Å². The van der Waals surface area contributed by atoms with Gasteiger partial charge < -0.3 is 9.47 Å². The Kier molecular flexibility index (Phi) is 5.53. The van der Waals surface area contributed by atoms with Gasteiger partial charge in [-0.05, 0) is 24.6 Å². The number of amides is 1. The van der Waals surface area contributed by atoms with E-state index >= 15 is 0 Å². The Morgan fingerprint density at radius 3 is 2.71 bits per heavy atom. The number of carbonyl (C=O) groups is 1. The molecule has 1 aliphatic heterocycles. The average molecular weight is 347 g/mol. The van der Waals surface area contributed by atoms with Crippen molar-refractivity contribution in [2.75, 3.05) is 26.2 Å². The highest BCUT2D eigenvalue weighted by atomic mass is 35.5. The van der Waals surface area contributed by atoms with Crippen LogP contribution in [-0.2, 0) is 17.9 Å². The van der Waals surface area contributed by atoms with Crippen molar-refractivity contribution in [3.8, 4) is 0 Å². The first kappa shape index (κ1) is 17.0. The number of carbonyl (C=O) groups excluding carboxylic acids is 1. The van der Waals surface area contributed by atoms with Crippen LogP contribution < -0.4 is 0 Å². The Morgan fingerprint density at radius 2 is 2.04 bits per heavy atom. The molecule has 3 rings (SSSR count). The van der Waals surface area contributed by atoms with Gasteiger partial charge in [-0.2, -0.15) is 0 Å². The zero-order valence-electron chi connectivity index (χ0n) is 14.0. The molecular formula is C18H23ClN4O. The fraction of sp³-hybridized carbons (Fsp3) is 0.444. The number of aromatic nitrogens is 2. The average Bonchev–Trinajstić information content (AvgIpc) is 2.98. The number of benzene rings is 1. The number of hydrogen-bond donors (Lipinski definition) is 0. The van der Waals surface area contributed by atoms with Crippen molar-refractivity contribution < 1.29 is 4.79 Å². The van der Waals surface area contributed by atoms with Crippen molar-refractivity contribution >= 4 is 17.5 Å². The molecule has 1 saturated heterocycles. The summed E-state index contributed by atoms with van der Waals surface area (Å²) in [6, 6.07) is 7.97. The van der Waals surface area contributed by atoms with Crippen LogP contribution in [0.5, 0.6) is 0 Å². The Morgan fingerprint density at radius 1 is 1.25 bits per heavy atom. The van der Waals surface area contributed by atoms with Gasteiger partial charge in [-0.1, -0.05) is 23.7 Å². The monoisotopic (exact) mass is 346 g/mol. The zero-order chi connectivity index (χ0) is 16.9. The molecule has 1 aliphatic rings. The maximum Gasteiger partial charge on any atom is 0.224 e. The molecule has 5 nitrogen and oxygen atoms in total. The zero-order valence-corrected chi connectivity index (χ0v) is 14.7. The number of nitrogens with zero attached hydrogens (tertiary/aromatic N) is 4. The number of rotatable bonds is 5. The highest BCUT2D eigenvalue weighted by molar-refractivity contribution is 6.30. The lowest BCUT2D eigenvalue weighted by Crippen LogP contribution is -2.48. The van der Waals surface area contributed by atoms with Crippen molar-refractivity contribution in [2.24, 2.45) is 0 Å². The van der Waals surface area contributed by atoms with Crippen molar-refractivity contribution in [2.45, 2.75) is 26.4 Å². The first-order valence-corrected chi connectivity index (χ1v) is 8.72. The van der Waals surface area contributed by atoms with Crippen LogP contribution in [0.4, 0.5) is 0 Å². The second-order valence-electron chi connectivity index (χ2n) is 6.20. The normalized spacial score (nSPS) is 15.7. The van der Waals surface area contributed by atoms with Crippen LogP contribution in [0.2, 0.25) is 5.02 Å². The van der Waals surface area contributed by atoms with Crippen LogP contribution in [0, 0.1) is 6.92 Å². The number of halogens is 1. The van der Waals surface area contributed by atoms with E-state index in [4.69, 9.17) is 11.6 Å². The fourth-order valence-electron chi connectivity index (χ4n) is 3.06. The first-order valence-electron chi connectivity index (χ1n) is 8.34. The van der Waals surface area contributed by atoms with Crippen LogP contribution >= 0.6 is 11.6 Å². The molecule has 2 heterocycles. The van der Waals surface area contributed by atoms with E-state index in [0.29, 0.717) is 13.0 Å². The second kappa shape index (κ2) is 7.81. The van der Waals surface area contributed by atoms with Crippen molar-refractivity contribution in [3.63, 3.8) is 0 Å². The summed E-state index contributed by atoms with van der Waals surface area (Å²) in [6.07, 6.45) is 4.23. The summed E-state index contributed by atoms with van der Waals surface area (Å²) >= 11 is 6.04. The van der Waals surface area contributed by atoms with Gasteiger partial charge in [-0.3, -0.25) is 9.69 Å². The third kappa shape index (κ3) is 4.36. The predicted molar refractivity (Wildman–Crippen MR) is 94.9 cm³/mol. The van der Waals surface area contributed by atoms with Gasteiger partial charge >= 0.3 is 0 Å². The Balaban J connectivity index is 1.44. The quantitative estimate of drug-likeness (QED) is 0.835. The van der Waals surface area contributed by atoms with Gasteiger partial charge in [0.2, 0.25) is 5.91 Å². The molecule has 1 aromatic carbocycles. The summed E-state index contributed by atoms with van der Waals surface area (Å²) in [5.74, 6) is 1.18. The molecule has 0 saturated carbocycles. The molecule has 128 valence electrons. The highest BCUT2D eigenvalue weighted by Crippen LogP contribution is 2.14. The molecule has 0 spiro atoms. The molecule has 24 heavy (non-hydrogen) atoms. The van der Waals surface area contributed by atoms with Crippen molar-refractivity contribution in [3.05, 3.63) is 53.1 Å². The third-order valence-electron chi connectivity index (χ3n) is 4.51. The van der Waals surface area contributed by atoms with Crippen LogP contribution in [0.1, 0.15) is 17.8 Å². The van der Waals surface area contributed by atoms with Crippen LogP contribution in [0.3, 0.4) is 0 Å². The van der Waals surface area contributed by atoms with E-state index in [1.165, 1.54) is 5.56 Å². The molecule has 6 heteroatoms. The molecule has 1 aromatic heterocycles. The highest BCUT2D eigenvalue weighted by Gasteiger charge is 2.21. The molecule has 0 aliphatic carbocycles. The van der Waals surface area contributed by atoms with E-state index in [0.717, 1.165) is 43.6 Å². The number of piperazine rings is 1. The molecule has 0 bridgehead atoms. The minimum atomic E-state index is 0.227. The van der Waals surface area contributed by atoms with Crippen LogP contribution in [0.25, 0.3) is 0 Å². The summed E-state index contributed by atoms with van der Waals surface area (Å²) in [5, 5.41) is 0.774. The largest absolute Gasteiger partial charge is 0.340 e. The molecule has 1 fully saturated rings. The third-order valence-corrected chi connectivity index (χ3v) is 4.75. The number of aryl methyl sites for hydroxylation is 2. The molecule has 1 amide bonds. The van der Waals surface area contributed by atoms with E-state index in [1.54, 1.807) is 6.20 Å². The molecule has 0 atom stereocenters. The second-order valence-corrected chi connectivity index (χ2v) is 6.64. The lowest BCUT2D eigenvalue weighted by molar-refractivity contribution is -0.133. The number of hydrogen-bond acceptors (Lipinski definition) is 3. The Bertz CT molecular complexity index is 692. The summed E-state index contributed by atoms with van der Waals surface area (Å²) in [6.45, 7) is 6.94. The van der Waals surface area contributed by atoms with E-state index in [-0.39, 0.29) is 5.91 Å². The topological polar surface area (TPSA) is 41.4 Å². The summed E-state index contributed by atoms with van der Waals surface area (Å²) in [4.78, 5) is 20.9. The number of imidazole rings is 1.